The standard InChI is InChI=1S/C11H12N4O4/c16-10(12-4-3-9-13-7-19-14-9)6-15-5-1-2-8(15)11(17)18/h1-2,5,7H,3-4,6H2,(H,12,16)(H,17,18). The van der Waals surface area contributed by atoms with E-state index in [2.05, 4.69) is 20.0 Å². The van der Waals surface area contributed by atoms with Crippen LogP contribution in [0.2, 0.25) is 0 Å². The van der Waals surface area contributed by atoms with Crippen molar-refractivity contribution in [1.29, 1.82) is 0 Å². The Kier molecular flexibility index (Phi) is 3.91. The molecule has 0 saturated heterocycles. The Balaban J connectivity index is 1.81. The highest BCUT2D eigenvalue weighted by Crippen LogP contribution is 2.01. The molecular formula is C11H12N4O4. The van der Waals surface area contributed by atoms with Crippen LogP contribution < -0.4 is 5.32 Å². The number of carbonyl (C=O) groups is 2. The predicted octanol–water partition coefficient (Wildman–Crippen LogP) is -0.0718. The second-order valence-electron chi connectivity index (χ2n) is 3.77. The van der Waals surface area contributed by atoms with E-state index in [1.807, 2.05) is 0 Å². The molecule has 2 heterocycles. The van der Waals surface area contributed by atoms with Crippen molar-refractivity contribution in [2.75, 3.05) is 6.54 Å². The number of rotatable bonds is 6. The number of nitrogens with one attached hydrogen (secondary N) is 1. The Morgan fingerprint density at radius 2 is 2.32 bits per heavy atom. The van der Waals surface area contributed by atoms with E-state index in [1.54, 1.807) is 12.3 Å². The van der Waals surface area contributed by atoms with Gasteiger partial charge in [-0.1, -0.05) is 5.16 Å². The topological polar surface area (TPSA) is 110 Å². The second-order valence-corrected chi connectivity index (χ2v) is 3.77. The maximum atomic E-state index is 11.6. The lowest BCUT2D eigenvalue weighted by atomic mass is 10.4. The number of carboxylic acids is 1. The van der Waals surface area contributed by atoms with Crippen molar-refractivity contribution in [1.82, 2.24) is 20.0 Å². The summed E-state index contributed by atoms with van der Waals surface area (Å²) < 4.78 is 5.92. The molecule has 0 bridgehead atoms. The monoisotopic (exact) mass is 264 g/mol. The van der Waals surface area contributed by atoms with Gasteiger partial charge in [0.1, 0.15) is 12.2 Å². The fraction of sp³-hybridized carbons (Fsp3) is 0.273. The Hall–Kier alpha value is -2.64. The molecule has 100 valence electrons. The van der Waals surface area contributed by atoms with Gasteiger partial charge < -0.3 is 19.5 Å². The van der Waals surface area contributed by atoms with Crippen LogP contribution in [0.25, 0.3) is 0 Å². The van der Waals surface area contributed by atoms with Crippen LogP contribution in [0.15, 0.2) is 29.2 Å². The zero-order chi connectivity index (χ0) is 13.7. The van der Waals surface area contributed by atoms with Crippen LogP contribution in [-0.2, 0) is 17.8 Å². The van der Waals surface area contributed by atoms with Gasteiger partial charge in [-0.2, -0.15) is 4.98 Å². The van der Waals surface area contributed by atoms with Crippen LogP contribution in [0.5, 0.6) is 0 Å². The fourth-order valence-corrected chi connectivity index (χ4v) is 1.57. The average Bonchev–Trinajstić information content (AvgIpc) is 2.99. The van der Waals surface area contributed by atoms with E-state index < -0.39 is 5.97 Å². The van der Waals surface area contributed by atoms with Crippen molar-refractivity contribution in [3.63, 3.8) is 0 Å². The molecule has 0 aromatic carbocycles. The Labute approximate surface area is 108 Å². The normalized spacial score (nSPS) is 10.3. The summed E-state index contributed by atoms with van der Waals surface area (Å²) in [6, 6.07) is 3.02. The summed E-state index contributed by atoms with van der Waals surface area (Å²) >= 11 is 0. The highest BCUT2D eigenvalue weighted by atomic mass is 16.5. The van der Waals surface area contributed by atoms with Crippen LogP contribution in [0.3, 0.4) is 0 Å². The summed E-state index contributed by atoms with van der Waals surface area (Å²) in [6.45, 7) is 0.322. The van der Waals surface area contributed by atoms with Crippen molar-refractivity contribution in [2.45, 2.75) is 13.0 Å². The van der Waals surface area contributed by atoms with E-state index in [4.69, 9.17) is 5.11 Å². The quantitative estimate of drug-likeness (QED) is 0.755. The first-order valence-electron chi connectivity index (χ1n) is 5.57. The summed E-state index contributed by atoms with van der Waals surface area (Å²) in [4.78, 5) is 26.3. The summed E-state index contributed by atoms with van der Waals surface area (Å²) in [5.41, 5.74) is 0.0771. The molecule has 0 aliphatic carbocycles. The van der Waals surface area contributed by atoms with Crippen LogP contribution in [0.1, 0.15) is 16.3 Å². The maximum absolute atomic E-state index is 11.6. The average molecular weight is 264 g/mol. The summed E-state index contributed by atoms with van der Waals surface area (Å²) in [5.74, 6) is -0.834. The molecule has 2 N–H and O–H groups in total. The van der Waals surface area contributed by atoms with E-state index in [0.717, 1.165) is 0 Å². The van der Waals surface area contributed by atoms with Crippen molar-refractivity contribution < 1.29 is 19.2 Å². The molecule has 1 amide bonds. The van der Waals surface area contributed by atoms with Crippen molar-refractivity contribution in [3.8, 4) is 0 Å². The van der Waals surface area contributed by atoms with Gasteiger partial charge in [-0.15, -0.1) is 0 Å². The summed E-state index contributed by atoms with van der Waals surface area (Å²) in [6.07, 6.45) is 3.22. The summed E-state index contributed by atoms with van der Waals surface area (Å²) in [7, 11) is 0. The largest absolute Gasteiger partial charge is 0.477 e. The Morgan fingerprint density at radius 1 is 1.47 bits per heavy atom. The third kappa shape index (κ3) is 3.41. The van der Waals surface area contributed by atoms with Crippen molar-refractivity contribution in [3.05, 3.63) is 36.2 Å². The number of hydrogen-bond donors (Lipinski definition) is 2. The molecule has 19 heavy (non-hydrogen) atoms. The lowest BCUT2D eigenvalue weighted by molar-refractivity contribution is -0.121. The molecule has 0 unspecified atom stereocenters. The first-order chi connectivity index (χ1) is 9.16. The number of carbonyl (C=O) groups excluding carboxylic acids is 1. The van der Waals surface area contributed by atoms with E-state index in [1.165, 1.54) is 17.0 Å². The molecule has 8 nitrogen and oxygen atoms in total. The minimum Gasteiger partial charge on any atom is -0.477 e. The molecule has 0 saturated carbocycles. The van der Waals surface area contributed by atoms with Crippen LogP contribution in [-0.4, -0.2) is 38.2 Å². The van der Waals surface area contributed by atoms with Gasteiger partial charge in [0.25, 0.3) is 0 Å². The van der Waals surface area contributed by atoms with Gasteiger partial charge in [0, 0.05) is 19.2 Å². The van der Waals surface area contributed by atoms with Crippen molar-refractivity contribution in [2.24, 2.45) is 0 Å². The maximum Gasteiger partial charge on any atom is 0.352 e. The highest BCUT2D eigenvalue weighted by molar-refractivity contribution is 5.86. The molecular weight excluding hydrogens is 252 g/mol. The predicted molar refractivity (Wildman–Crippen MR) is 62.4 cm³/mol. The number of hydrogen-bond acceptors (Lipinski definition) is 5. The molecule has 2 aromatic heterocycles. The molecule has 0 atom stereocenters. The van der Waals surface area contributed by atoms with E-state index in [-0.39, 0.29) is 18.1 Å². The smallest absolute Gasteiger partial charge is 0.352 e. The Morgan fingerprint density at radius 3 is 3.00 bits per heavy atom. The highest BCUT2D eigenvalue weighted by Gasteiger charge is 2.11. The zero-order valence-corrected chi connectivity index (χ0v) is 9.94. The molecule has 0 radical (unpaired) electrons. The molecule has 0 aliphatic rings. The minimum absolute atomic E-state index is 0.0408. The first kappa shape index (κ1) is 12.8. The number of nitrogens with zero attached hydrogens (tertiary/aromatic N) is 3. The minimum atomic E-state index is -1.07. The van der Waals surface area contributed by atoms with Gasteiger partial charge in [-0.05, 0) is 12.1 Å². The van der Waals surface area contributed by atoms with Gasteiger partial charge >= 0.3 is 5.97 Å². The van der Waals surface area contributed by atoms with E-state index in [0.29, 0.717) is 18.8 Å². The van der Waals surface area contributed by atoms with E-state index in [9.17, 15) is 9.59 Å². The zero-order valence-electron chi connectivity index (χ0n) is 9.94. The van der Waals surface area contributed by atoms with Gasteiger partial charge in [0.05, 0.1) is 0 Å². The number of carboxylic acid groups (broad SMARTS) is 1. The molecule has 8 heteroatoms. The molecule has 0 aliphatic heterocycles. The van der Waals surface area contributed by atoms with Crippen LogP contribution in [0.4, 0.5) is 0 Å². The molecule has 2 rings (SSSR count). The van der Waals surface area contributed by atoms with Gasteiger partial charge in [0.2, 0.25) is 12.3 Å². The molecule has 2 aromatic rings. The summed E-state index contributed by atoms with van der Waals surface area (Å²) in [5, 5.41) is 15.1. The van der Waals surface area contributed by atoms with E-state index >= 15 is 0 Å². The third-order valence-corrected chi connectivity index (χ3v) is 2.44. The second kappa shape index (κ2) is 5.80. The Bertz CT molecular complexity index is 561. The number of amides is 1. The van der Waals surface area contributed by atoms with Gasteiger partial charge in [-0.25, -0.2) is 4.79 Å². The van der Waals surface area contributed by atoms with Crippen LogP contribution in [0, 0.1) is 0 Å². The third-order valence-electron chi connectivity index (χ3n) is 2.44. The van der Waals surface area contributed by atoms with Gasteiger partial charge in [-0.3, -0.25) is 4.79 Å². The van der Waals surface area contributed by atoms with Crippen molar-refractivity contribution >= 4 is 11.9 Å². The number of aromatic nitrogens is 3. The lowest BCUT2D eigenvalue weighted by Gasteiger charge is -2.06. The lowest BCUT2D eigenvalue weighted by Crippen LogP contribution is -2.30. The molecule has 0 spiro atoms. The fourth-order valence-electron chi connectivity index (χ4n) is 1.57. The first-order valence-corrected chi connectivity index (χ1v) is 5.57. The molecule has 0 fully saturated rings. The van der Waals surface area contributed by atoms with Crippen LogP contribution >= 0.6 is 0 Å². The van der Waals surface area contributed by atoms with Gasteiger partial charge in [0.15, 0.2) is 5.82 Å². The number of aromatic carboxylic acids is 1. The SMILES string of the molecule is O=C(Cn1cccc1C(=O)O)NCCc1ncon1.